The Kier molecular flexibility index (Phi) is 5.82. The molecule has 2 aliphatic heterocycles. The van der Waals surface area contributed by atoms with Crippen LogP contribution in [0.3, 0.4) is 0 Å². The molecule has 7 nitrogen and oxygen atoms in total. The van der Waals surface area contributed by atoms with Crippen molar-refractivity contribution in [3.05, 3.63) is 35.4 Å². The fourth-order valence-electron chi connectivity index (χ4n) is 3.99. The number of piperidine rings is 1. The largest absolute Gasteiger partial charge is 0.486 e. The molecule has 0 unspecified atom stereocenters. The molecule has 0 amide bonds. The summed E-state index contributed by atoms with van der Waals surface area (Å²) in [6.07, 6.45) is 3.47. The van der Waals surface area contributed by atoms with Crippen LogP contribution in [-0.4, -0.2) is 53.0 Å². The van der Waals surface area contributed by atoms with Crippen LogP contribution in [0.2, 0.25) is 0 Å². The van der Waals surface area contributed by atoms with E-state index < -0.39 is 0 Å². The van der Waals surface area contributed by atoms with Crippen LogP contribution in [0, 0.1) is 5.92 Å². The highest BCUT2D eigenvalue weighted by Gasteiger charge is 2.21. The molecule has 1 aromatic heterocycles. The molecular formula is C21H31N5O2. The Balaban J connectivity index is 1.41. The highest BCUT2D eigenvalue weighted by Crippen LogP contribution is 2.34. The van der Waals surface area contributed by atoms with Gasteiger partial charge >= 0.3 is 0 Å². The summed E-state index contributed by atoms with van der Waals surface area (Å²) in [5, 5.41) is 12.4. The molecule has 0 bridgehead atoms. The van der Waals surface area contributed by atoms with Crippen molar-refractivity contribution < 1.29 is 9.47 Å². The summed E-state index contributed by atoms with van der Waals surface area (Å²) in [6.45, 7) is 6.42. The topological polar surface area (TPSA) is 64.4 Å². The van der Waals surface area contributed by atoms with E-state index in [0.29, 0.717) is 19.1 Å². The third-order valence-electron chi connectivity index (χ3n) is 6.09. The van der Waals surface area contributed by atoms with Gasteiger partial charge in [0.1, 0.15) is 24.9 Å². The second kappa shape index (κ2) is 8.49. The maximum absolute atomic E-state index is 5.73. The van der Waals surface area contributed by atoms with Crippen LogP contribution in [-0.2, 0) is 20.0 Å². The number of hydrogen-bond acceptors (Lipinski definition) is 6. The van der Waals surface area contributed by atoms with E-state index in [-0.39, 0.29) is 6.04 Å². The van der Waals surface area contributed by atoms with Gasteiger partial charge in [-0.1, -0.05) is 6.07 Å². The number of ether oxygens (including phenoxy) is 2. The van der Waals surface area contributed by atoms with Crippen LogP contribution in [0.1, 0.15) is 43.0 Å². The molecule has 152 valence electrons. The van der Waals surface area contributed by atoms with E-state index in [1.54, 1.807) is 0 Å². The summed E-state index contributed by atoms with van der Waals surface area (Å²) in [7, 11) is 4.22. The molecule has 7 heteroatoms. The van der Waals surface area contributed by atoms with Crippen LogP contribution >= 0.6 is 0 Å². The standard InChI is InChI=1S/C21H31N5O2/c1-15(17-4-5-18-19(13-17)28-11-10-27-18)25(2)14-21-24-23-20(26(21)3)12-16-6-8-22-9-7-16/h4-5,13,15-16,22H,6-12,14H2,1-3H3/t15-/m1/s1. The van der Waals surface area contributed by atoms with Crippen molar-refractivity contribution in [3.63, 3.8) is 0 Å². The van der Waals surface area contributed by atoms with E-state index in [1.807, 2.05) is 6.07 Å². The summed E-state index contributed by atoms with van der Waals surface area (Å²) in [4.78, 5) is 2.30. The molecule has 3 heterocycles. The molecule has 1 fully saturated rings. The molecule has 0 spiro atoms. The molecule has 1 saturated heterocycles. The maximum atomic E-state index is 5.73. The summed E-state index contributed by atoms with van der Waals surface area (Å²) in [5.41, 5.74) is 1.21. The third-order valence-corrected chi connectivity index (χ3v) is 6.09. The van der Waals surface area contributed by atoms with E-state index in [1.165, 1.54) is 18.4 Å². The average Bonchev–Trinajstić information content (AvgIpc) is 3.07. The number of fused-ring (bicyclic) bond motifs is 1. The fourth-order valence-corrected chi connectivity index (χ4v) is 3.99. The van der Waals surface area contributed by atoms with Gasteiger partial charge in [0.05, 0.1) is 6.54 Å². The number of benzene rings is 1. The molecule has 1 N–H and O–H groups in total. The first-order valence-electron chi connectivity index (χ1n) is 10.3. The quantitative estimate of drug-likeness (QED) is 0.823. The number of rotatable bonds is 6. The maximum Gasteiger partial charge on any atom is 0.161 e. The monoisotopic (exact) mass is 385 g/mol. The van der Waals surface area contributed by atoms with E-state index in [4.69, 9.17) is 9.47 Å². The minimum atomic E-state index is 0.236. The minimum Gasteiger partial charge on any atom is -0.486 e. The number of aromatic nitrogens is 3. The molecule has 0 aliphatic carbocycles. The smallest absolute Gasteiger partial charge is 0.161 e. The highest BCUT2D eigenvalue weighted by atomic mass is 16.6. The molecule has 1 atom stereocenters. The van der Waals surface area contributed by atoms with E-state index in [9.17, 15) is 0 Å². The predicted octanol–water partition coefficient (Wildman–Crippen LogP) is 2.32. The summed E-state index contributed by atoms with van der Waals surface area (Å²) in [6, 6.07) is 6.46. The van der Waals surface area contributed by atoms with Gasteiger partial charge in [0, 0.05) is 19.5 Å². The van der Waals surface area contributed by atoms with Crippen molar-refractivity contribution in [2.24, 2.45) is 13.0 Å². The molecule has 0 radical (unpaired) electrons. The lowest BCUT2D eigenvalue weighted by molar-refractivity contribution is 0.170. The van der Waals surface area contributed by atoms with Crippen molar-refractivity contribution in [1.29, 1.82) is 0 Å². The van der Waals surface area contributed by atoms with Crippen molar-refractivity contribution in [2.45, 2.75) is 38.8 Å². The van der Waals surface area contributed by atoms with Gasteiger partial charge in [0.15, 0.2) is 11.5 Å². The van der Waals surface area contributed by atoms with Gasteiger partial charge in [-0.15, -0.1) is 10.2 Å². The van der Waals surface area contributed by atoms with Crippen LogP contribution < -0.4 is 14.8 Å². The van der Waals surface area contributed by atoms with Crippen LogP contribution in [0.5, 0.6) is 11.5 Å². The molecule has 2 aliphatic rings. The van der Waals surface area contributed by atoms with Gasteiger partial charge in [-0.2, -0.15) is 0 Å². The average molecular weight is 386 g/mol. The van der Waals surface area contributed by atoms with Crippen molar-refractivity contribution in [1.82, 2.24) is 25.0 Å². The molecule has 28 heavy (non-hydrogen) atoms. The second-order valence-corrected chi connectivity index (χ2v) is 7.98. The highest BCUT2D eigenvalue weighted by molar-refractivity contribution is 5.44. The van der Waals surface area contributed by atoms with Crippen LogP contribution in [0.15, 0.2) is 18.2 Å². The normalized spacial score (nSPS) is 18.4. The Bertz CT molecular complexity index is 800. The summed E-state index contributed by atoms with van der Waals surface area (Å²) >= 11 is 0. The summed E-state index contributed by atoms with van der Waals surface area (Å²) < 4.78 is 13.5. The number of nitrogens with one attached hydrogen (secondary N) is 1. The zero-order valence-corrected chi connectivity index (χ0v) is 17.1. The van der Waals surface area contributed by atoms with Crippen molar-refractivity contribution in [3.8, 4) is 11.5 Å². The lowest BCUT2D eigenvalue weighted by Crippen LogP contribution is -2.29. The Morgan fingerprint density at radius 1 is 1.14 bits per heavy atom. The predicted molar refractivity (Wildman–Crippen MR) is 108 cm³/mol. The molecule has 2 aromatic rings. The first kappa shape index (κ1) is 19.2. The first-order chi connectivity index (χ1) is 13.6. The Hall–Kier alpha value is -2.12. The zero-order chi connectivity index (χ0) is 19.5. The van der Waals surface area contributed by atoms with Crippen molar-refractivity contribution in [2.75, 3.05) is 33.4 Å². The van der Waals surface area contributed by atoms with Gasteiger partial charge in [-0.05, 0) is 63.5 Å². The van der Waals surface area contributed by atoms with Gasteiger partial charge < -0.3 is 19.4 Å². The minimum absolute atomic E-state index is 0.236. The Morgan fingerprint density at radius 2 is 1.86 bits per heavy atom. The van der Waals surface area contributed by atoms with E-state index in [0.717, 1.165) is 49.2 Å². The van der Waals surface area contributed by atoms with Gasteiger partial charge in [0.2, 0.25) is 0 Å². The lowest BCUT2D eigenvalue weighted by atomic mass is 9.94. The van der Waals surface area contributed by atoms with Crippen molar-refractivity contribution >= 4 is 0 Å². The third kappa shape index (κ3) is 4.15. The molecule has 0 saturated carbocycles. The number of nitrogens with zero attached hydrogens (tertiary/aromatic N) is 4. The fraction of sp³-hybridized carbons (Fsp3) is 0.619. The van der Waals surface area contributed by atoms with Gasteiger partial charge in [-0.25, -0.2) is 0 Å². The first-order valence-corrected chi connectivity index (χ1v) is 10.3. The molecular weight excluding hydrogens is 354 g/mol. The molecule has 1 aromatic carbocycles. The second-order valence-electron chi connectivity index (χ2n) is 7.98. The van der Waals surface area contributed by atoms with Crippen LogP contribution in [0.4, 0.5) is 0 Å². The Morgan fingerprint density at radius 3 is 2.64 bits per heavy atom. The summed E-state index contributed by atoms with van der Waals surface area (Å²) in [5.74, 6) is 4.50. The Labute approximate surface area is 167 Å². The SMILES string of the molecule is C[C@H](c1ccc2c(c1)OCCO2)N(C)Cc1nnc(CC2CCNCC2)n1C. The lowest BCUT2D eigenvalue weighted by Gasteiger charge is -2.26. The van der Waals surface area contributed by atoms with Gasteiger partial charge in [-0.3, -0.25) is 4.90 Å². The van der Waals surface area contributed by atoms with Crippen LogP contribution in [0.25, 0.3) is 0 Å². The molecule has 4 rings (SSSR count). The van der Waals surface area contributed by atoms with E-state index >= 15 is 0 Å². The number of hydrogen-bond donors (Lipinski definition) is 1. The van der Waals surface area contributed by atoms with Gasteiger partial charge in [0.25, 0.3) is 0 Å². The van der Waals surface area contributed by atoms with E-state index in [2.05, 4.69) is 58.1 Å². The zero-order valence-electron chi connectivity index (χ0n) is 17.1.